The van der Waals surface area contributed by atoms with Gasteiger partial charge in [0.25, 0.3) is 0 Å². The van der Waals surface area contributed by atoms with Crippen LogP contribution in [0.4, 0.5) is 17.1 Å². The fourth-order valence-corrected chi connectivity index (χ4v) is 2.78. The van der Waals surface area contributed by atoms with Crippen molar-refractivity contribution in [3.8, 4) is 0 Å². The molecule has 0 bridgehead atoms. The van der Waals surface area contributed by atoms with Crippen LogP contribution in [-0.2, 0) is 4.74 Å². The molecule has 0 atom stereocenters. The molecule has 3 rings (SSSR count). The van der Waals surface area contributed by atoms with Gasteiger partial charge in [0.05, 0.1) is 24.6 Å². The van der Waals surface area contributed by atoms with Gasteiger partial charge in [-0.3, -0.25) is 0 Å². The Morgan fingerprint density at radius 1 is 0.944 bits per heavy atom. The molecule has 0 aliphatic carbocycles. The first-order valence-electron chi connectivity index (χ1n) is 6.82. The number of hydrogen-bond donors (Lipinski definition) is 1. The van der Waals surface area contributed by atoms with E-state index in [1.807, 2.05) is 6.07 Å². The summed E-state index contributed by atoms with van der Waals surface area (Å²) in [4.78, 5) is 4.78. The minimum atomic E-state index is 0.823. The van der Waals surface area contributed by atoms with Gasteiger partial charge in [0.2, 0.25) is 0 Å². The van der Waals surface area contributed by atoms with Crippen LogP contribution in [0.15, 0.2) is 18.2 Å². The Labute approximate surface area is 108 Å². The number of nitrogens with two attached hydrogens (primary N) is 1. The van der Waals surface area contributed by atoms with Crippen molar-refractivity contribution in [1.29, 1.82) is 0 Å². The van der Waals surface area contributed by atoms with Crippen LogP contribution in [-0.4, -0.2) is 39.4 Å². The molecule has 1 aromatic rings. The first-order valence-corrected chi connectivity index (χ1v) is 6.82. The number of rotatable bonds is 2. The molecule has 4 heteroatoms. The molecular formula is C14H21N3O. The lowest BCUT2D eigenvalue weighted by molar-refractivity contribution is 0.122. The van der Waals surface area contributed by atoms with Gasteiger partial charge >= 0.3 is 0 Å². The second-order valence-corrected chi connectivity index (χ2v) is 5.04. The van der Waals surface area contributed by atoms with Crippen LogP contribution in [0.5, 0.6) is 0 Å². The molecule has 0 saturated carbocycles. The van der Waals surface area contributed by atoms with Gasteiger partial charge in [-0.2, -0.15) is 0 Å². The van der Waals surface area contributed by atoms with Crippen molar-refractivity contribution in [2.45, 2.75) is 12.8 Å². The van der Waals surface area contributed by atoms with Crippen LogP contribution in [0.2, 0.25) is 0 Å². The molecule has 0 amide bonds. The maximum atomic E-state index is 6.11. The number of ether oxygens (including phenoxy) is 1. The standard InChI is InChI=1S/C14H21N3O/c15-13-4-3-12(16-7-9-18-10-8-16)11-14(13)17-5-1-2-6-17/h3-4,11H,1-2,5-10,15H2. The molecule has 0 unspecified atom stereocenters. The van der Waals surface area contributed by atoms with Crippen molar-refractivity contribution in [1.82, 2.24) is 0 Å². The summed E-state index contributed by atoms with van der Waals surface area (Å²) in [5, 5.41) is 0. The topological polar surface area (TPSA) is 41.7 Å². The predicted molar refractivity (Wildman–Crippen MR) is 75.3 cm³/mol. The highest BCUT2D eigenvalue weighted by molar-refractivity contribution is 5.73. The quantitative estimate of drug-likeness (QED) is 0.808. The van der Waals surface area contributed by atoms with E-state index in [-0.39, 0.29) is 0 Å². The molecule has 18 heavy (non-hydrogen) atoms. The maximum absolute atomic E-state index is 6.11. The number of anilines is 3. The van der Waals surface area contributed by atoms with Gasteiger partial charge in [-0.05, 0) is 31.0 Å². The minimum absolute atomic E-state index is 0.823. The van der Waals surface area contributed by atoms with Crippen LogP contribution in [0, 0.1) is 0 Å². The summed E-state index contributed by atoms with van der Waals surface area (Å²) in [6, 6.07) is 6.41. The van der Waals surface area contributed by atoms with Gasteiger partial charge in [-0.1, -0.05) is 0 Å². The van der Waals surface area contributed by atoms with E-state index in [1.54, 1.807) is 0 Å². The van der Waals surface area contributed by atoms with Gasteiger partial charge in [0.15, 0.2) is 0 Å². The second kappa shape index (κ2) is 5.06. The third kappa shape index (κ3) is 2.25. The van der Waals surface area contributed by atoms with Crippen LogP contribution in [0.3, 0.4) is 0 Å². The van der Waals surface area contributed by atoms with E-state index < -0.39 is 0 Å². The minimum Gasteiger partial charge on any atom is -0.397 e. The van der Waals surface area contributed by atoms with E-state index in [4.69, 9.17) is 10.5 Å². The van der Waals surface area contributed by atoms with E-state index in [0.717, 1.165) is 45.1 Å². The summed E-state index contributed by atoms with van der Waals surface area (Å²) in [5.41, 5.74) is 9.49. The zero-order valence-corrected chi connectivity index (χ0v) is 10.8. The van der Waals surface area contributed by atoms with Gasteiger partial charge in [0.1, 0.15) is 0 Å². The molecule has 2 aliphatic heterocycles. The molecular weight excluding hydrogens is 226 g/mol. The maximum Gasteiger partial charge on any atom is 0.0642 e. The highest BCUT2D eigenvalue weighted by Gasteiger charge is 2.17. The van der Waals surface area contributed by atoms with Gasteiger partial charge in [-0.25, -0.2) is 0 Å². The molecule has 2 fully saturated rings. The first-order chi connectivity index (χ1) is 8.84. The fourth-order valence-electron chi connectivity index (χ4n) is 2.78. The summed E-state index contributed by atoms with van der Waals surface area (Å²) in [5.74, 6) is 0. The number of hydrogen-bond acceptors (Lipinski definition) is 4. The average Bonchev–Trinajstić information content (AvgIpc) is 2.94. The lowest BCUT2D eigenvalue weighted by atomic mass is 10.2. The van der Waals surface area contributed by atoms with Crippen molar-refractivity contribution in [2.75, 3.05) is 54.9 Å². The van der Waals surface area contributed by atoms with Crippen molar-refractivity contribution < 1.29 is 4.74 Å². The predicted octanol–water partition coefficient (Wildman–Crippen LogP) is 1.71. The van der Waals surface area contributed by atoms with E-state index in [1.165, 1.54) is 24.2 Å². The Kier molecular flexibility index (Phi) is 3.28. The molecule has 2 N–H and O–H groups in total. The number of morpholine rings is 1. The molecule has 2 saturated heterocycles. The number of nitrogens with zero attached hydrogens (tertiary/aromatic N) is 2. The normalized spacial score (nSPS) is 20.4. The monoisotopic (exact) mass is 247 g/mol. The zero-order chi connectivity index (χ0) is 12.4. The van der Waals surface area contributed by atoms with Gasteiger partial charge < -0.3 is 20.3 Å². The summed E-state index contributed by atoms with van der Waals surface area (Å²) < 4.78 is 5.40. The fraction of sp³-hybridized carbons (Fsp3) is 0.571. The zero-order valence-electron chi connectivity index (χ0n) is 10.8. The molecule has 0 aromatic heterocycles. The number of benzene rings is 1. The van der Waals surface area contributed by atoms with Crippen molar-refractivity contribution >= 4 is 17.1 Å². The first kappa shape index (κ1) is 11.7. The van der Waals surface area contributed by atoms with Crippen LogP contribution in [0.25, 0.3) is 0 Å². The largest absolute Gasteiger partial charge is 0.397 e. The Morgan fingerprint density at radius 3 is 2.39 bits per heavy atom. The van der Waals surface area contributed by atoms with Crippen molar-refractivity contribution in [3.05, 3.63) is 18.2 Å². The van der Waals surface area contributed by atoms with E-state index in [0.29, 0.717) is 0 Å². The molecule has 1 aromatic carbocycles. The second-order valence-electron chi connectivity index (χ2n) is 5.04. The highest BCUT2D eigenvalue weighted by Crippen LogP contribution is 2.31. The summed E-state index contributed by atoms with van der Waals surface area (Å²) in [6.45, 7) is 5.87. The Balaban J connectivity index is 1.84. The Hall–Kier alpha value is -1.42. The Bertz CT molecular complexity index is 410. The molecule has 2 heterocycles. The SMILES string of the molecule is Nc1ccc(N2CCOCC2)cc1N1CCCC1. The number of nitrogen functional groups attached to an aromatic ring is 1. The van der Waals surface area contributed by atoms with Crippen molar-refractivity contribution in [2.24, 2.45) is 0 Å². The summed E-state index contributed by atoms with van der Waals surface area (Å²) in [6.07, 6.45) is 2.56. The molecule has 98 valence electrons. The smallest absolute Gasteiger partial charge is 0.0642 e. The summed E-state index contributed by atoms with van der Waals surface area (Å²) in [7, 11) is 0. The molecule has 4 nitrogen and oxygen atoms in total. The van der Waals surface area contributed by atoms with Gasteiger partial charge in [0, 0.05) is 31.9 Å². The van der Waals surface area contributed by atoms with Crippen LogP contribution in [0.1, 0.15) is 12.8 Å². The van der Waals surface area contributed by atoms with Gasteiger partial charge in [-0.15, -0.1) is 0 Å². The van der Waals surface area contributed by atoms with Crippen LogP contribution >= 0.6 is 0 Å². The summed E-state index contributed by atoms with van der Waals surface area (Å²) >= 11 is 0. The van der Waals surface area contributed by atoms with E-state index in [9.17, 15) is 0 Å². The lowest BCUT2D eigenvalue weighted by Crippen LogP contribution is -2.36. The van der Waals surface area contributed by atoms with Crippen LogP contribution < -0.4 is 15.5 Å². The molecule has 2 aliphatic rings. The van der Waals surface area contributed by atoms with Crippen molar-refractivity contribution in [3.63, 3.8) is 0 Å². The third-order valence-corrected chi connectivity index (χ3v) is 3.84. The average molecular weight is 247 g/mol. The van der Waals surface area contributed by atoms with E-state index >= 15 is 0 Å². The Morgan fingerprint density at radius 2 is 1.67 bits per heavy atom. The highest BCUT2D eigenvalue weighted by atomic mass is 16.5. The third-order valence-electron chi connectivity index (χ3n) is 3.84. The molecule has 0 radical (unpaired) electrons. The lowest BCUT2D eigenvalue weighted by Gasteiger charge is -2.30. The molecule has 0 spiro atoms. The van der Waals surface area contributed by atoms with E-state index in [2.05, 4.69) is 21.9 Å².